The highest BCUT2D eigenvalue weighted by atomic mass is 19.1. The Kier molecular flexibility index (Phi) is 4.42. The average molecular weight is 344 g/mol. The van der Waals surface area contributed by atoms with Crippen LogP contribution in [0.15, 0.2) is 42.9 Å². The molecule has 3 rings (SSSR count). The molecular formula is C17H11F3N4O. The first-order valence-corrected chi connectivity index (χ1v) is 7.15. The second-order valence-electron chi connectivity index (χ2n) is 5.16. The molecule has 0 bridgehead atoms. The summed E-state index contributed by atoms with van der Waals surface area (Å²) >= 11 is 0. The van der Waals surface area contributed by atoms with Crippen molar-refractivity contribution in [3.05, 3.63) is 71.7 Å². The third-order valence-corrected chi connectivity index (χ3v) is 3.34. The van der Waals surface area contributed by atoms with Gasteiger partial charge in [0.1, 0.15) is 23.1 Å². The molecule has 8 heteroatoms. The molecular weight excluding hydrogens is 333 g/mol. The van der Waals surface area contributed by atoms with E-state index >= 15 is 0 Å². The molecule has 3 heterocycles. The zero-order valence-corrected chi connectivity index (χ0v) is 12.9. The van der Waals surface area contributed by atoms with Gasteiger partial charge < -0.3 is 5.32 Å². The average Bonchev–Trinajstić information content (AvgIpc) is 2.59. The molecule has 0 atom stereocenters. The summed E-state index contributed by atoms with van der Waals surface area (Å²) in [6, 6.07) is 4.71. The number of hydrogen-bond donors (Lipinski definition) is 1. The molecule has 1 amide bonds. The van der Waals surface area contributed by atoms with Crippen LogP contribution in [-0.2, 0) is 0 Å². The summed E-state index contributed by atoms with van der Waals surface area (Å²) in [5.74, 6) is -2.40. The van der Waals surface area contributed by atoms with Crippen molar-refractivity contribution < 1.29 is 18.0 Å². The van der Waals surface area contributed by atoms with Crippen LogP contribution in [0.3, 0.4) is 0 Å². The maximum atomic E-state index is 14.3. The molecule has 0 unspecified atom stereocenters. The lowest BCUT2D eigenvalue weighted by atomic mass is 10.1. The zero-order valence-electron chi connectivity index (χ0n) is 12.9. The number of carbonyl (C=O) groups is 1. The Morgan fingerprint density at radius 2 is 1.84 bits per heavy atom. The van der Waals surface area contributed by atoms with Gasteiger partial charge in [0.2, 0.25) is 0 Å². The quantitative estimate of drug-likeness (QED) is 0.789. The molecule has 0 saturated heterocycles. The third kappa shape index (κ3) is 3.63. The first-order valence-electron chi connectivity index (χ1n) is 7.15. The van der Waals surface area contributed by atoms with Crippen molar-refractivity contribution in [1.82, 2.24) is 15.0 Å². The Morgan fingerprint density at radius 3 is 2.52 bits per heavy atom. The van der Waals surface area contributed by atoms with Crippen molar-refractivity contribution in [2.45, 2.75) is 6.92 Å². The molecule has 0 aliphatic heterocycles. The molecule has 0 spiro atoms. The number of anilines is 1. The summed E-state index contributed by atoms with van der Waals surface area (Å²) in [6.07, 6.45) is 3.22. The number of carbonyl (C=O) groups excluding carboxylic acids is 1. The Bertz CT molecular complexity index is 945. The molecule has 25 heavy (non-hydrogen) atoms. The molecule has 0 aliphatic carbocycles. The number of aryl methyl sites for hydroxylation is 1. The largest absolute Gasteiger partial charge is 0.305 e. The van der Waals surface area contributed by atoms with Crippen LogP contribution < -0.4 is 5.32 Å². The van der Waals surface area contributed by atoms with Crippen LogP contribution in [-0.4, -0.2) is 20.9 Å². The second-order valence-corrected chi connectivity index (χ2v) is 5.16. The molecule has 5 nitrogen and oxygen atoms in total. The smallest absolute Gasteiger partial charge is 0.275 e. The van der Waals surface area contributed by atoms with Crippen LogP contribution in [0.25, 0.3) is 11.1 Å². The van der Waals surface area contributed by atoms with Gasteiger partial charge >= 0.3 is 0 Å². The van der Waals surface area contributed by atoms with Crippen LogP contribution >= 0.6 is 0 Å². The van der Waals surface area contributed by atoms with Crippen molar-refractivity contribution in [2.75, 3.05) is 5.32 Å². The Labute approximate surface area is 140 Å². The number of aromatic nitrogens is 3. The Balaban J connectivity index is 1.97. The van der Waals surface area contributed by atoms with Crippen LogP contribution in [0, 0.1) is 24.4 Å². The van der Waals surface area contributed by atoms with Crippen molar-refractivity contribution in [1.29, 1.82) is 0 Å². The zero-order chi connectivity index (χ0) is 18.0. The van der Waals surface area contributed by atoms with E-state index in [0.717, 1.165) is 24.5 Å². The van der Waals surface area contributed by atoms with E-state index in [4.69, 9.17) is 0 Å². The first-order chi connectivity index (χ1) is 11.9. The van der Waals surface area contributed by atoms with Crippen LogP contribution in [0.2, 0.25) is 0 Å². The van der Waals surface area contributed by atoms with E-state index < -0.39 is 23.4 Å². The number of nitrogens with one attached hydrogen (secondary N) is 1. The predicted octanol–water partition coefficient (Wildman–Crippen LogP) is 3.52. The van der Waals surface area contributed by atoms with Gasteiger partial charge in [-0.3, -0.25) is 9.78 Å². The predicted molar refractivity (Wildman–Crippen MR) is 84.3 cm³/mol. The van der Waals surface area contributed by atoms with Gasteiger partial charge in [0.05, 0.1) is 18.1 Å². The summed E-state index contributed by atoms with van der Waals surface area (Å²) in [7, 11) is 0. The van der Waals surface area contributed by atoms with Gasteiger partial charge in [-0.05, 0) is 31.2 Å². The lowest BCUT2D eigenvalue weighted by molar-refractivity contribution is 0.102. The van der Waals surface area contributed by atoms with E-state index in [-0.39, 0.29) is 28.3 Å². The van der Waals surface area contributed by atoms with Crippen LogP contribution in [0.4, 0.5) is 19.0 Å². The molecule has 0 aliphatic rings. The Hall–Kier alpha value is -3.29. The van der Waals surface area contributed by atoms with E-state index in [9.17, 15) is 18.0 Å². The van der Waals surface area contributed by atoms with E-state index in [1.54, 1.807) is 0 Å². The lowest BCUT2D eigenvalue weighted by Gasteiger charge is -2.09. The number of rotatable bonds is 3. The molecule has 1 N–H and O–H groups in total. The van der Waals surface area contributed by atoms with E-state index in [1.807, 2.05) is 0 Å². The number of nitrogens with zero attached hydrogens (tertiary/aromatic N) is 3. The van der Waals surface area contributed by atoms with Gasteiger partial charge in [-0.15, -0.1) is 0 Å². The topological polar surface area (TPSA) is 67.8 Å². The van der Waals surface area contributed by atoms with Crippen LogP contribution in [0.5, 0.6) is 0 Å². The summed E-state index contributed by atoms with van der Waals surface area (Å²) < 4.78 is 40.5. The normalized spacial score (nSPS) is 10.6. The van der Waals surface area contributed by atoms with Gasteiger partial charge in [0.15, 0.2) is 5.82 Å². The lowest BCUT2D eigenvalue weighted by Crippen LogP contribution is -2.16. The molecule has 3 aromatic rings. The highest BCUT2D eigenvalue weighted by Crippen LogP contribution is 2.25. The number of amides is 1. The van der Waals surface area contributed by atoms with Gasteiger partial charge in [-0.2, -0.15) is 0 Å². The summed E-state index contributed by atoms with van der Waals surface area (Å²) in [6.45, 7) is 1.39. The fourth-order valence-electron chi connectivity index (χ4n) is 2.17. The maximum Gasteiger partial charge on any atom is 0.275 e. The number of halogens is 3. The van der Waals surface area contributed by atoms with Crippen molar-refractivity contribution in [3.8, 4) is 11.1 Å². The standard InChI is InChI=1S/C17H11F3N4O/c1-9-16(20)13(10-4-12(19)7-21-6-10)5-14(23-9)17(25)24-15-3-2-11(18)8-22-15/h2-8H,1H3,(H,22,24,25). The third-order valence-electron chi connectivity index (χ3n) is 3.34. The van der Waals surface area contributed by atoms with Crippen molar-refractivity contribution in [2.24, 2.45) is 0 Å². The molecule has 126 valence electrons. The van der Waals surface area contributed by atoms with Crippen LogP contribution in [0.1, 0.15) is 16.2 Å². The highest BCUT2D eigenvalue weighted by molar-refractivity contribution is 6.03. The van der Waals surface area contributed by atoms with Crippen molar-refractivity contribution >= 4 is 11.7 Å². The highest BCUT2D eigenvalue weighted by Gasteiger charge is 2.17. The van der Waals surface area contributed by atoms with Gasteiger partial charge in [-0.25, -0.2) is 23.1 Å². The first kappa shape index (κ1) is 16.6. The molecule has 0 aromatic carbocycles. The molecule has 0 radical (unpaired) electrons. The van der Waals surface area contributed by atoms with Gasteiger partial charge in [0.25, 0.3) is 5.91 Å². The fraction of sp³-hybridized carbons (Fsp3) is 0.0588. The number of hydrogen-bond acceptors (Lipinski definition) is 4. The van der Waals surface area contributed by atoms with E-state index in [1.165, 1.54) is 25.3 Å². The fourth-order valence-corrected chi connectivity index (χ4v) is 2.17. The monoisotopic (exact) mass is 344 g/mol. The van der Waals surface area contributed by atoms with E-state index in [2.05, 4.69) is 20.3 Å². The summed E-state index contributed by atoms with van der Waals surface area (Å²) in [4.78, 5) is 23.6. The minimum absolute atomic E-state index is 0.00304. The SMILES string of the molecule is Cc1nc(C(=O)Nc2ccc(F)cn2)cc(-c2cncc(F)c2)c1F. The molecule has 3 aromatic heterocycles. The Morgan fingerprint density at radius 1 is 1.04 bits per heavy atom. The summed E-state index contributed by atoms with van der Waals surface area (Å²) in [5, 5.41) is 2.43. The number of pyridine rings is 3. The van der Waals surface area contributed by atoms with Crippen molar-refractivity contribution in [3.63, 3.8) is 0 Å². The summed E-state index contributed by atoms with van der Waals surface area (Å²) in [5.41, 5.74) is 0.0527. The second kappa shape index (κ2) is 6.68. The van der Waals surface area contributed by atoms with E-state index in [0.29, 0.717) is 0 Å². The molecule has 0 fully saturated rings. The van der Waals surface area contributed by atoms with Gasteiger partial charge in [0, 0.05) is 17.3 Å². The van der Waals surface area contributed by atoms with Gasteiger partial charge in [-0.1, -0.05) is 0 Å². The minimum atomic E-state index is -0.677. The molecule has 0 saturated carbocycles. The minimum Gasteiger partial charge on any atom is -0.305 e. The maximum absolute atomic E-state index is 14.3.